The molecule has 0 amide bonds. The fraction of sp³-hybridized carbons (Fsp3) is 0.176. The van der Waals surface area contributed by atoms with Crippen molar-refractivity contribution in [3.8, 4) is 17.1 Å². The molecule has 0 bridgehead atoms. The van der Waals surface area contributed by atoms with Crippen molar-refractivity contribution in [2.45, 2.75) is 17.8 Å². The summed E-state index contributed by atoms with van der Waals surface area (Å²) in [4.78, 5) is 0. The van der Waals surface area contributed by atoms with Gasteiger partial charge in [0.25, 0.3) is 0 Å². The highest BCUT2D eigenvalue weighted by Gasteiger charge is 2.13. The largest absolute Gasteiger partial charge is 0.494 e. The van der Waals surface area contributed by atoms with Crippen LogP contribution in [0.25, 0.3) is 11.4 Å². The maximum absolute atomic E-state index is 12.9. The Morgan fingerprint density at radius 1 is 1.17 bits per heavy atom. The van der Waals surface area contributed by atoms with E-state index in [1.807, 2.05) is 31.2 Å². The summed E-state index contributed by atoms with van der Waals surface area (Å²) in [5, 5.41) is 8.90. The maximum atomic E-state index is 12.9. The van der Waals surface area contributed by atoms with Gasteiger partial charge in [-0.05, 0) is 36.8 Å². The molecule has 7 heteroatoms. The van der Waals surface area contributed by atoms with Crippen molar-refractivity contribution < 1.29 is 9.13 Å². The summed E-state index contributed by atoms with van der Waals surface area (Å²) < 4.78 is 19.9. The standard InChI is InChI=1S/C17H17FN4OS/c1-2-23-15-5-3-4-13(10-15)16-20-21-17(22(16)19)24-11-12-6-8-14(18)9-7-12/h3-10H,2,11,19H2,1H3. The van der Waals surface area contributed by atoms with Crippen LogP contribution >= 0.6 is 11.8 Å². The van der Waals surface area contributed by atoms with Crippen molar-refractivity contribution in [3.63, 3.8) is 0 Å². The second-order valence-electron chi connectivity index (χ2n) is 5.05. The molecule has 0 atom stereocenters. The van der Waals surface area contributed by atoms with Crippen molar-refractivity contribution in [2.75, 3.05) is 12.4 Å². The van der Waals surface area contributed by atoms with Crippen LogP contribution in [-0.2, 0) is 5.75 Å². The van der Waals surface area contributed by atoms with E-state index in [4.69, 9.17) is 10.6 Å². The van der Waals surface area contributed by atoms with Crippen LogP contribution < -0.4 is 10.6 Å². The summed E-state index contributed by atoms with van der Waals surface area (Å²) in [7, 11) is 0. The summed E-state index contributed by atoms with van der Waals surface area (Å²) in [5.74, 6) is 7.83. The summed E-state index contributed by atoms with van der Waals surface area (Å²) in [6.45, 7) is 2.53. The van der Waals surface area contributed by atoms with Gasteiger partial charge in [-0.3, -0.25) is 0 Å². The number of hydrogen-bond acceptors (Lipinski definition) is 5. The third-order valence-electron chi connectivity index (χ3n) is 3.35. The first kappa shape index (κ1) is 16.3. The average molecular weight is 344 g/mol. The molecule has 0 aliphatic rings. The number of nitrogen functional groups attached to an aromatic ring is 1. The van der Waals surface area contributed by atoms with Gasteiger partial charge in [0.15, 0.2) is 5.82 Å². The molecule has 2 N–H and O–H groups in total. The van der Waals surface area contributed by atoms with E-state index in [9.17, 15) is 4.39 Å². The molecule has 0 spiro atoms. The second kappa shape index (κ2) is 7.35. The monoisotopic (exact) mass is 344 g/mol. The summed E-state index contributed by atoms with van der Waals surface area (Å²) in [5.41, 5.74) is 1.83. The van der Waals surface area contributed by atoms with Crippen LogP contribution in [0.2, 0.25) is 0 Å². The lowest BCUT2D eigenvalue weighted by molar-refractivity contribution is 0.340. The van der Waals surface area contributed by atoms with E-state index in [1.54, 1.807) is 12.1 Å². The van der Waals surface area contributed by atoms with Gasteiger partial charge in [-0.1, -0.05) is 36.0 Å². The van der Waals surface area contributed by atoms with E-state index in [2.05, 4.69) is 10.2 Å². The number of rotatable bonds is 6. The summed E-state index contributed by atoms with van der Waals surface area (Å²) in [6.07, 6.45) is 0. The smallest absolute Gasteiger partial charge is 0.210 e. The topological polar surface area (TPSA) is 66.0 Å². The van der Waals surface area contributed by atoms with Crippen molar-refractivity contribution in [1.82, 2.24) is 14.9 Å². The van der Waals surface area contributed by atoms with Crippen LogP contribution in [0.3, 0.4) is 0 Å². The maximum Gasteiger partial charge on any atom is 0.210 e. The van der Waals surface area contributed by atoms with E-state index in [0.717, 1.165) is 16.9 Å². The molecule has 0 radical (unpaired) electrons. The molecule has 1 aromatic heterocycles. The molecule has 0 fully saturated rings. The second-order valence-corrected chi connectivity index (χ2v) is 5.99. The Labute approximate surface area is 143 Å². The van der Waals surface area contributed by atoms with Gasteiger partial charge >= 0.3 is 0 Å². The molecule has 0 saturated carbocycles. The van der Waals surface area contributed by atoms with E-state index in [0.29, 0.717) is 23.3 Å². The third kappa shape index (κ3) is 3.68. The molecule has 3 aromatic rings. The van der Waals surface area contributed by atoms with Gasteiger partial charge in [0.05, 0.1) is 6.61 Å². The Hall–Kier alpha value is -2.54. The Kier molecular flexibility index (Phi) is 5.00. The SMILES string of the molecule is CCOc1cccc(-c2nnc(SCc3ccc(F)cc3)n2N)c1. The lowest BCUT2D eigenvalue weighted by Crippen LogP contribution is -2.11. The number of halogens is 1. The van der Waals surface area contributed by atoms with Crippen LogP contribution in [0.1, 0.15) is 12.5 Å². The van der Waals surface area contributed by atoms with Gasteiger partial charge in [0.2, 0.25) is 5.16 Å². The number of nitrogens with zero attached hydrogens (tertiary/aromatic N) is 3. The fourth-order valence-corrected chi connectivity index (χ4v) is 3.00. The quantitative estimate of drug-likeness (QED) is 0.548. The van der Waals surface area contributed by atoms with Crippen molar-refractivity contribution in [1.29, 1.82) is 0 Å². The molecule has 1 heterocycles. The summed E-state index contributed by atoms with van der Waals surface area (Å²) in [6, 6.07) is 13.9. The number of benzene rings is 2. The third-order valence-corrected chi connectivity index (χ3v) is 4.36. The van der Waals surface area contributed by atoms with E-state index >= 15 is 0 Å². The first-order valence-corrected chi connectivity index (χ1v) is 8.47. The highest BCUT2D eigenvalue weighted by molar-refractivity contribution is 7.98. The lowest BCUT2D eigenvalue weighted by atomic mass is 10.2. The fourth-order valence-electron chi connectivity index (χ4n) is 2.19. The number of aromatic nitrogens is 3. The van der Waals surface area contributed by atoms with E-state index in [-0.39, 0.29) is 5.82 Å². The number of thioether (sulfide) groups is 1. The molecule has 0 aliphatic carbocycles. The molecule has 0 unspecified atom stereocenters. The van der Waals surface area contributed by atoms with Gasteiger partial charge in [-0.2, -0.15) is 0 Å². The molecule has 24 heavy (non-hydrogen) atoms. The zero-order valence-electron chi connectivity index (χ0n) is 13.1. The van der Waals surface area contributed by atoms with Gasteiger partial charge in [0.1, 0.15) is 11.6 Å². The van der Waals surface area contributed by atoms with Crippen LogP contribution in [0.4, 0.5) is 4.39 Å². The van der Waals surface area contributed by atoms with E-state index < -0.39 is 0 Å². The molecule has 2 aromatic carbocycles. The Bertz CT molecular complexity index is 820. The van der Waals surface area contributed by atoms with Gasteiger partial charge in [-0.25, -0.2) is 9.07 Å². The van der Waals surface area contributed by atoms with Crippen LogP contribution in [0, 0.1) is 5.82 Å². The van der Waals surface area contributed by atoms with Crippen LogP contribution in [-0.4, -0.2) is 21.5 Å². The highest BCUT2D eigenvalue weighted by Crippen LogP contribution is 2.26. The van der Waals surface area contributed by atoms with E-state index in [1.165, 1.54) is 28.6 Å². The number of hydrogen-bond donors (Lipinski definition) is 1. The Morgan fingerprint density at radius 3 is 2.71 bits per heavy atom. The molecule has 0 saturated heterocycles. The van der Waals surface area contributed by atoms with Gasteiger partial charge in [0, 0.05) is 11.3 Å². The molecular formula is C17H17FN4OS. The van der Waals surface area contributed by atoms with Crippen molar-refractivity contribution >= 4 is 11.8 Å². The molecule has 124 valence electrons. The Morgan fingerprint density at radius 2 is 1.96 bits per heavy atom. The van der Waals surface area contributed by atoms with Gasteiger partial charge in [-0.15, -0.1) is 10.2 Å². The molecule has 0 aliphatic heterocycles. The number of nitrogens with two attached hydrogens (primary N) is 1. The van der Waals surface area contributed by atoms with Crippen molar-refractivity contribution in [2.24, 2.45) is 0 Å². The lowest BCUT2D eigenvalue weighted by Gasteiger charge is -2.06. The van der Waals surface area contributed by atoms with Crippen LogP contribution in [0.5, 0.6) is 5.75 Å². The van der Waals surface area contributed by atoms with Crippen molar-refractivity contribution in [3.05, 3.63) is 59.9 Å². The normalized spacial score (nSPS) is 10.8. The first-order chi connectivity index (χ1) is 11.7. The predicted molar refractivity (Wildman–Crippen MR) is 92.7 cm³/mol. The number of ether oxygens (including phenoxy) is 1. The molecular weight excluding hydrogens is 327 g/mol. The minimum absolute atomic E-state index is 0.248. The minimum Gasteiger partial charge on any atom is -0.494 e. The predicted octanol–water partition coefficient (Wildman–Crippen LogP) is 3.49. The highest BCUT2D eigenvalue weighted by atomic mass is 32.2. The zero-order chi connectivity index (χ0) is 16.9. The van der Waals surface area contributed by atoms with Gasteiger partial charge < -0.3 is 10.6 Å². The van der Waals surface area contributed by atoms with Crippen LogP contribution in [0.15, 0.2) is 53.7 Å². The first-order valence-electron chi connectivity index (χ1n) is 7.48. The Balaban J connectivity index is 1.76. The molecule has 5 nitrogen and oxygen atoms in total. The molecule has 3 rings (SSSR count). The minimum atomic E-state index is -0.248. The average Bonchev–Trinajstić information content (AvgIpc) is 2.96. The summed E-state index contributed by atoms with van der Waals surface area (Å²) >= 11 is 1.45. The zero-order valence-corrected chi connectivity index (χ0v) is 14.0.